The van der Waals surface area contributed by atoms with Gasteiger partial charge in [-0.2, -0.15) is 4.72 Å². The largest absolute Gasteiger partial charge is 0.489 e. The summed E-state index contributed by atoms with van der Waals surface area (Å²) in [4.78, 5) is 25.1. The Hall–Kier alpha value is -4.67. The van der Waals surface area contributed by atoms with Crippen LogP contribution in [0, 0.1) is 5.92 Å². The summed E-state index contributed by atoms with van der Waals surface area (Å²) in [5.41, 5.74) is 2.42. The fourth-order valence-corrected chi connectivity index (χ4v) is 5.56. The Morgan fingerprint density at radius 2 is 1.31 bits per heavy atom. The summed E-state index contributed by atoms with van der Waals surface area (Å²) >= 11 is 0. The van der Waals surface area contributed by atoms with E-state index < -0.39 is 33.7 Å². The van der Waals surface area contributed by atoms with E-state index in [0.29, 0.717) is 23.8 Å². The highest BCUT2D eigenvalue weighted by atomic mass is 32.2. The van der Waals surface area contributed by atoms with Crippen molar-refractivity contribution in [3.63, 3.8) is 0 Å². The minimum atomic E-state index is -3.99. The van der Waals surface area contributed by atoms with Gasteiger partial charge in [-0.3, -0.25) is 10.1 Å². The van der Waals surface area contributed by atoms with Gasteiger partial charge in [0.2, 0.25) is 10.0 Å². The number of carbonyl (C=O) groups excluding carboxylic acids is 2. The molecule has 0 aliphatic carbocycles. The number of benzene rings is 4. The molecule has 1 amide bonds. The fourth-order valence-electron chi connectivity index (χ4n) is 4.22. The second-order valence-electron chi connectivity index (χ2n) is 11.7. The molecule has 0 saturated heterocycles. The zero-order valence-corrected chi connectivity index (χ0v) is 26.8. The number of ether oxygens (including phenoxy) is 3. The zero-order chi connectivity index (χ0) is 32.6. The number of esters is 1. The lowest BCUT2D eigenvalue weighted by atomic mass is 10.1. The summed E-state index contributed by atoms with van der Waals surface area (Å²) in [7, 11) is -3.99. The van der Waals surface area contributed by atoms with Crippen LogP contribution in [-0.2, 0) is 26.2 Å². The fraction of sp³-hybridized carbons (Fsp3) is 0.257. The number of carbonyl (C=O) groups is 2. The Bertz CT molecular complexity index is 1680. The quantitative estimate of drug-likeness (QED) is 0.168. The molecule has 0 unspecified atom stereocenters. The number of sulfonamides is 1. The van der Waals surface area contributed by atoms with E-state index >= 15 is 0 Å². The van der Waals surface area contributed by atoms with Crippen molar-refractivity contribution in [3.8, 4) is 22.6 Å². The molecule has 0 bridgehead atoms. The molecule has 10 heteroatoms. The zero-order valence-electron chi connectivity index (χ0n) is 25.9. The van der Waals surface area contributed by atoms with Crippen LogP contribution < -0.4 is 19.5 Å². The average Bonchev–Trinajstić information content (AvgIpc) is 2.99. The third-order valence-corrected chi connectivity index (χ3v) is 7.98. The number of nitrogens with one attached hydrogen (secondary N) is 2. The van der Waals surface area contributed by atoms with E-state index in [2.05, 4.69) is 10.0 Å². The highest BCUT2D eigenvalue weighted by molar-refractivity contribution is 7.89. The summed E-state index contributed by atoms with van der Waals surface area (Å²) in [5.74, 6) is 0.0675. The van der Waals surface area contributed by atoms with E-state index in [0.717, 1.165) is 16.7 Å². The maximum atomic E-state index is 13.1. The van der Waals surface area contributed by atoms with Crippen LogP contribution in [0.15, 0.2) is 108 Å². The van der Waals surface area contributed by atoms with Gasteiger partial charge in [-0.25, -0.2) is 13.2 Å². The van der Waals surface area contributed by atoms with Gasteiger partial charge in [0, 0.05) is 5.69 Å². The maximum Gasteiger partial charge on any atom is 0.417 e. The normalized spacial score (nSPS) is 12.3. The first-order chi connectivity index (χ1) is 21.3. The molecule has 4 aromatic carbocycles. The van der Waals surface area contributed by atoms with Gasteiger partial charge in [0.25, 0.3) is 0 Å². The van der Waals surface area contributed by atoms with Crippen LogP contribution >= 0.6 is 0 Å². The van der Waals surface area contributed by atoms with Crippen LogP contribution in [0.3, 0.4) is 0 Å². The summed E-state index contributed by atoms with van der Waals surface area (Å²) in [6.45, 7) is 9.13. The number of hydrogen-bond donors (Lipinski definition) is 2. The van der Waals surface area contributed by atoms with E-state index in [1.165, 1.54) is 12.1 Å². The third-order valence-electron chi connectivity index (χ3n) is 6.52. The lowest BCUT2D eigenvalue weighted by molar-refractivity contribution is -0.158. The molecule has 4 rings (SSSR count). The van der Waals surface area contributed by atoms with Crippen molar-refractivity contribution in [3.05, 3.63) is 109 Å². The van der Waals surface area contributed by atoms with Gasteiger partial charge in [0.15, 0.2) is 0 Å². The molecule has 0 spiro atoms. The van der Waals surface area contributed by atoms with Crippen LogP contribution in [0.5, 0.6) is 11.5 Å². The number of amides is 1. The number of hydrogen-bond acceptors (Lipinski definition) is 7. The smallest absolute Gasteiger partial charge is 0.417 e. The van der Waals surface area contributed by atoms with Crippen molar-refractivity contribution in [2.45, 2.75) is 57.8 Å². The van der Waals surface area contributed by atoms with Gasteiger partial charge < -0.3 is 14.2 Å². The van der Waals surface area contributed by atoms with Gasteiger partial charge >= 0.3 is 12.1 Å². The molecule has 0 aliphatic rings. The van der Waals surface area contributed by atoms with Crippen LogP contribution in [0.4, 0.5) is 10.5 Å². The van der Waals surface area contributed by atoms with Crippen LogP contribution in [0.2, 0.25) is 0 Å². The minimum absolute atomic E-state index is 0.0212. The summed E-state index contributed by atoms with van der Waals surface area (Å²) in [5, 5.41) is 2.69. The Morgan fingerprint density at radius 3 is 1.87 bits per heavy atom. The van der Waals surface area contributed by atoms with Crippen molar-refractivity contribution in [2.75, 3.05) is 5.32 Å². The van der Waals surface area contributed by atoms with Gasteiger partial charge in [-0.15, -0.1) is 0 Å². The molecule has 0 aliphatic heterocycles. The molecule has 0 radical (unpaired) electrons. The second kappa shape index (κ2) is 14.4. The summed E-state index contributed by atoms with van der Waals surface area (Å²) < 4.78 is 45.2. The van der Waals surface area contributed by atoms with Gasteiger partial charge in [-0.05, 0) is 91.9 Å². The highest BCUT2D eigenvalue weighted by Crippen LogP contribution is 2.25. The first-order valence-corrected chi connectivity index (χ1v) is 16.0. The molecule has 0 fully saturated rings. The third kappa shape index (κ3) is 9.92. The van der Waals surface area contributed by atoms with E-state index in [1.807, 2.05) is 30.3 Å². The Morgan fingerprint density at radius 1 is 0.756 bits per heavy atom. The van der Waals surface area contributed by atoms with Crippen LogP contribution in [-0.4, -0.2) is 32.1 Å². The first kappa shape index (κ1) is 33.2. The maximum absolute atomic E-state index is 13.1. The summed E-state index contributed by atoms with van der Waals surface area (Å²) in [6, 6.07) is 28.9. The Balaban J connectivity index is 1.32. The Kier molecular flexibility index (Phi) is 10.6. The average molecular weight is 631 g/mol. The first-order valence-electron chi connectivity index (χ1n) is 14.5. The van der Waals surface area contributed by atoms with Gasteiger partial charge in [-0.1, -0.05) is 68.4 Å². The molecule has 0 heterocycles. The summed E-state index contributed by atoms with van der Waals surface area (Å²) in [6.07, 6.45) is -0.645. The second-order valence-corrected chi connectivity index (χ2v) is 13.5. The van der Waals surface area contributed by atoms with Crippen LogP contribution in [0.25, 0.3) is 11.1 Å². The number of anilines is 1. The van der Waals surface area contributed by atoms with Crippen LogP contribution in [0.1, 0.15) is 40.2 Å². The van der Waals surface area contributed by atoms with Crippen molar-refractivity contribution in [2.24, 2.45) is 5.92 Å². The molecule has 45 heavy (non-hydrogen) atoms. The number of rotatable bonds is 11. The molecule has 1 atom stereocenters. The molecule has 0 saturated carbocycles. The van der Waals surface area contributed by atoms with Crippen molar-refractivity contribution in [1.29, 1.82) is 0 Å². The predicted molar refractivity (Wildman–Crippen MR) is 174 cm³/mol. The topological polar surface area (TPSA) is 120 Å². The molecule has 4 aromatic rings. The molecular formula is C35H38N2O7S. The molecule has 2 N–H and O–H groups in total. The lowest BCUT2D eigenvalue weighted by Crippen LogP contribution is -2.47. The van der Waals surface area contributed by atoms with Crippen molar-refractivity contribution < 1.29 is 32.2 Å². The Labute approximate surface area is 264 Å². The van der Waals surface area contributed by atoms with E-state index in [9.17, 15) is 18.0 Å². The monoisotopic (exact) mass is 630 g/mol. The predicted octanol–water partition coefficient (Wildman–Crippen LogP) is 7.19. The van der Waals surface area contributed by atoms with Crippen molar-refractivity contribution in [1.82, 2.24) is 4.72 Å². The highest BCUT2D eigenvalue weighted by Gasteiger charge is 2.32. The van der Waals surface area contributed by atoms with E-state index in [4.69, 9.17) is 14.2 Å². The minimum Gasteiger partial charge on any atom is -0.489 e. The molecule has 9 nitrogen and oxygen atoms in total. The lowest BCUT2D eigenvalue weighted by Gasteiger charge is -2.26. The van der Waals surface area contributed by atoms with E-state index in [1.54, 1.807) is 95.3 Å². The standard InChI is InChI=1S/C35H38N2O7S/c1-24(2)32(33(38)44-35(3,4)5)37-45(40,41)31-21-13-27(14-22-31)26-11-17-30(18-12-26)43-34(39)36-28-15-19-29(20-16-28)42-23-25-9-7-6-8-10-25/h6-22,24,32,37H,23H2,1-5H3,(H,36,39)/t32-/m1/s1. The van der Waals surface area contributed by atoms with Gasteiger partial charge in [0.1, 0.15) is 29.7 Å². The van der Waals surface area contributed by atoms with E-state index in [-0.39, 0.29) is 10.8 Å². The molecule has 0 aromatic heterocycles. The molecular weight excluding hydrogens is 592 g/mol. The molecule has 236 valence electrons. The van der Waals surface area contributed by atoms with Gasteiger partial charge in [0.05, 0.1) is 4.90 Å². The SMILES string of the molecule is CC(C)[C@@H](NS(=O)(=O)c1ccc(-c2ccc(OC(=O)Nc3ccc(OCc4ccccc4)cc3)cc2)cc1)C(=O)OC(C)(C)C. The van der Waals surface area contributed by atoms with Crippen molar-refractivity contribution >= 4 is 27.8 Å².